The summed E-state index contributed by atoms with van der Waals surface area (Å²) in [7, 11) is 0. The largest absolute Gasteiger partial charge is 0.375 e. The van der Waals surface area contributed by atoms with Gasteiger partial charge in [-0.15, -0.1) is 6.42 Å². The minimum atomic E-state index is 0.176. The molecule has 0 aromatic carbocycles. The van der Waals surface area contributed by atoms with Gasteiger partial charge in [-0.25, -0.2) is 0 Å². The lowest BCUT2D eigenvalue weighted by atomic mass is 9.85. The summed E-state index contributed by atoms with van der Waals surface area (Å²) in [4.78, 5) is 0. The smallest absolute Gasteiger partial charge is 0.0713 e. The van der Waals surface area contributed by atoms with Gasteiger partial charge in [0, 0.05) is 12.6 Å². The van der Waals surface area contributed by atoms with E-state index in [0.717, 1.165) is 19.4 Å². The summed E-state index contributed by atoms with van der Waals surface area (Å²) >= 11 is 2.05. The monoisotopic (exact) mass is 225 g/mol. The first-order chi connectivity index (χ1) is 7.35. The van der Waals surface area contributed by atoms with Crippen LogP contribution in [-0.4, -0.2) is 36.3 Å². The second kappa shape index (κ2) is 5.25. The fourth-order valence-corrected chi connectivity index (χ4v) is 3.73. The molecule has 15 heavy (non-hydrogen) atoms. The van der Waals surface area contributed by atoms with Crippen LogP contribution in [0.1, 0.15) is 25.7 Å². The predicted molar refractivity (Wildman–Crippen MR) is 65.1 cm³/mol. The first-order valence-electron chi connectivity index (χ1n) is 5.73. The van der Waals surface area contributed by atoms with E-state index in [1.54, 1.807) is 0 Å². The molecule has 0 aromatic rings. The minimum absolute atomic E-state index is 0.176. The summed E-state index contributed by atoms with van der Waals surface area (Å²) in [6, 6.07) is 0.567. The zero-order chi connectivity index (χ0) is 10.6. The highest BCUT2D eigenvalue weighted by molar-refractivity contribution is 7.99. The Morgan fingerprint density at radius 3 is 3.00 bits per heavy atom. The van der Waals surface area contributed by atoms with Crippen LogP contribution < -0.4 is 5.32 Å². The summed E-state index contributed by atoms with van der Waals surface area (Å²) in [5.74, 6) is 5.15. The Kier molecular flexibility index (Phi) is 3.96. The molecule has 1 atom stereocenters. The van der Waals surface area contributed by atoms with Crippen molar-refractivity contribution in [3.8, 4) is 12.3 Å². The van der Waals surface area contributed by atoms with Crippen LogP contribution in [0.2, 0.25) is 0 Å². The lowest BCUT2D eigenvalue weighted by molar-refractivity contribution is -0.0927. The molecule has 3 heteroatoms. The normalized spacial score (nSPS) is 29.9. The Morgan fingerprint density at radius 2 is 2.27 bits per heavy atom. The average molecular weight is 225 g/mol. The molecule has 0 amide bonds. The summed E-state index contributed by atoms with van der Waals surface area (Å²) in [5, 5.41) is 3.42. The maximum Gasteiger partial charge on any atom is 0.0713 e. The number of nitrogens with one attached hydrogen (secondary N) is 1. The third-order valence-electron chi connectivity index (χ3n) is 3.39. The van der Waals surface area contributed by atoms with E-state index in [9.17, 15) is 0 Å². The second-order valence-corrected chi connectivity index (χ2v) is 5.64. The van der Waals surface area contributed by atoms with Crippen LogP contribution in [0.25, 0.3) is 0 Å². The lowest BCUT2D eigenvalue weighted by Gasteiger charge is -2.43. The van der Waals surface area contributed by atoms with Crippen molar-refractivity contribution in [2.45, 2.75) is 37.3 Å². The molecular weight excluding hydrogens is 206 g/mol. The Morgan fingerprint density at radius 1 is 1.47 bits per heavy atom. The molecule has 1 N–H and O–H groups in total. The highest BCUT2D eigenvalue weighted by Crippen LogP contribution is 2.37. The van der Waals surface area contributed by atoms with Crippen LogP contribution in [0.3, 0.4) is 0 Å². The van der Waals surface area contributed by atoms with Crippen LogP contribution in [0.5, 0.6) is 0 Å². The van der Waals surface area contributed by atoms with Gasteiger partial charge >= 0.3 is 0 Å². The van der Waals surface area contributed by atoms with Gasteiger partial charge in [0.05, 0.1) is 12.1 Å². The van der Waals surface area contributed by atoms with Crippen molar-refractivity contribution >= 4 is 11.8 Å². The number of ether oxygens (including phenoxy) is 1. The molecule has 0 bridgehead atoms. The maximum atomic E-state index is 6.01. The van der Waals surface area contributed by atoms with Gasteiger partial charge in [-0.2, -0.15) is 11.8 Å². The quantitative estimate of drug-likeness (QED) is 0.722. The van der Waals surface area contributed by atoms with Crippen molar-refractivity contribution < 1.29 is 4.74 Å². The number of rotatable bonds is 2. The maximum absolute atomic E-state index is 6.01. The van der Waals surface area contributed by atoms with Crippen LogP contribution >= 0.6 is 11.8 Å². The molecule has 2 aliphatic heterocycles. The Bertz CT molecular complexity index is 237. The van der Waals surface area contributed by atoms with Crippen LogP contribution in [0.15, 0.2) is 0 Å². The van der Waals surface area contributed by atoms with Gasteiger partial charge in [0.15, 0.2) is 0 Å². The third kappa shape index (κ3) is 2.90. The third-order valence-corrected chi connectivity index (χ3v) is 4.38. The van der Waals surface area contributed by atoms with Crippen LogP contribution in [0.4, 0.5) is 0 Å². The first-order valence-corrected chi connectivity index (χ1v) is 6.89. The standard InChI is InChI=1S/C12H19NOS/c1-2-6-13-11-3-7-14-12(10-11)4-8-15-9-5-12/h1,11,13H,3-10H2. The van der Waals surface area contributed by atoms with E-state index in [2.05, 4.69) is 11.2 Å². The topological polar surface area (TPSA) is 21.3 Å². The van der Waals surface area contributed by atoms with E-state index in [0.29, 0.717) is 12.6 Å². The molecule has 0 radical (unpaired) electrons. The van der Waals surface area contributed by atoms with Crippen molar-refractivity contribution in [2.24, 2.45) is 0 Å². The van der Waals surface area contributed by atoms with Crippen molar-refractivity contribution in [1.82, 2.24) is 5.32 Å². The molecule has 2 heterocycles. The fourth-order valence-electron chi connectivity index (χ4n) is 2.50. The Balaban J connectivity index is 1.88. The van der Waals surface area contributed by atoms with Crippen molar-refractivity contribution in [3.05, 3.63) is 0 Å². The van der Waals surface area contributed by atoms with E-state index in [1.807, 2.05) is 11.8 Å². The van der Waals surface area contributed by atoms with Crippen molar-refractivity contribution in [3.63, 3.8) is 0 Å². The van der Waals surface area contributed by atoms with E-state index in [1.165, 1.54) is 24.3 Å². The van der Waals surface area contributed by atoms with Gasteiger partial charge in [0.2, 0.25) is 0 Å². The SMILES string of the molecule is C#CCNC1CCOC2(CCSCC2)C1. The molecule has 0 aromatic heterocycles. The molecule has 2 aliphatic rings. The number of terminal acetylenes is 1. The van der Waals surface area contributed by atoms with Crippen molar-refractivity contribution in [1.29, 1.82) is 0 Å². The predicted octanol–water partition coefficient (Wildman–Crippen LogP) is 1.65. The van der Waals surface area contributed by atoms with Gasteiger partial charge in [-0.3, -0.25) is 0 Å². The van der Waals surface area contributed by atoms with Gasteiger partial charge in [-0.05, 0) is 37.2 Å². The molecule has 84 valence electrons. The first kappa shape index (κ1) is 11.3. The zero-order valence-electron chi connectivity index (χ0n) is 9.13. The average Bonchev–Trinajstić information content (AvgIpc) is 2.28. The fraction of sp³-hybridized carbons (Fsp3) is 0.833. The van der Waals surface area contributed by atoms with E-state index in [-0.39, 0.29) is 5.60 Å². The lowest BCUT2D eigenvalue weighted by Crippen LogP contribution is -2.48. The van der Waals surface area contributed by atoms with Gasteiger partial charge in [0.1, 0.15) is 0 Å². The zero-order valence-corrected chi connectivity index (χ0v) is 9.94. The van der Waals surface area contributed by atoms with Gasteiger partial charge in [0.25, 0.3) is 0 Å². The molecule has 0 aliphatic carbocycles. The molecule has 2 saturated heterocycles. The highest BCUT2D eigenvalue weighted by Gasteiger charge is 2.38. The van der Waals surface area contributed by atoms with E-state index in [4.69, 9.17) is 11.2 Å². The molecule has 1 spiro atoms. The molecular formula is C12H19NOS. The van der Waals surface area contributed by atoms with Crippen molar-refractivity contribution in [2.75, 3.05) is 24.7 Å². The summed E-state index contributed by atoms with van der Waals surface area (Å²) in [6.07, 6.45) is 9.95. The van der Waals surface area contributed by atoms with Crippen LogP contribution in [-0.2, 0) is 4.74 Å². The summed E-state index contributed by atoms with van der Waals surface area (Å²) in [6.45, 7) is 1.59. The highest BCUT2D eigenvalue weighted by atomic mass is 32.2. The minimum Gasteiger partial charge on any atom is -0.375 e. The summed E-state index contributed by atoms with van der Waals surface area (Å²) in [5.41, 5.74) is 0.176. The van der Waals surface area contributed by atoms with Crippen LogP contribution in [0, 0.1) is 12.3 Å². The summed E-state index contributed by atoms with van der Waals surface area (Å²) < 4.78 is 6.01. The van der Waals surface area contributed by atoms with Gasteiger partial charge in [-0.1, -0.05) is 5.92 Å². The van der Waals surface area contributed by atoms with E-state index < -0.39 is 0 Å². The molecule has 2 fully saturated rings. The number of hydrogen-bond donors (Lipinski definition) is 1. The molecule has 0 saturated carbocycles. The molecule has 2 rings (SSSR count). The Hall–Kier alpha value is -0.170. The molecule has 2 nitrogen and oxygen atoms in total. The number of hydrogen-bond acceptors (Lipinski definition) is 3. The van der Waals surface area contributed by atoms with E-state index >= 15 is 0 Å². The van der Waals surface area contributed by atoms with Gasteiger partial charge < -0.3 is 10.1 Å². The number of thioether (sulfide) groups is 1. The Labute approximate surface area is 96.5 Å². The second-order valence-electron chi connectivity index (χ2n) is 4.42. The molecule has 1 unspecified atom stereocenters.